The van der Waals surface area contributed by atoms with Crippen LogP contribution in [0.15, 0.2) is 12.1 Å². The second-order valence-corrected chi connectivity index (χ2v) is 5.09. The predicted octanol–water partition coefficient (Wildman–Crippen LogP) is 2.24. The number of rotatable bonds is 4. The number of piperidine rings is 1. The van der Waals surface area contributed by atoms with Gasteiger partial charge in [0.05, 0.1) is 11.3 Å². The molecule has 1 fully saturated rings. The number of likely N-dealkylation sites (N-methyl/N-ethyl adjacent to an activating group) is 1. The summed E-state index contributed by atoms with van der Waals surface area (Å²) in [6, 6.07) is 2.65. The number of carboxylic acids is 1. The van der Waals surface area contributed by atoms with Gasteiger partial charge in [-0.1, -0.05) is 6.42 Å². The molecule has 1 aliphatic heterocycles. The van der Waals surface area contributed by atoms with Crippen molar-refractivity contribution in [2.75, 3.05) is 25.0 Å². The zero-order valence-corrected chi connectivity index (χ0v) is 11.3. The van der Waals surface area contributed by atoms with Crippen LogP contribution in [0.5, 0.6) is 0 Å². The van der Waals surface area contributed by atoms with E-state index >= 15 is 0 Å². The molecule has 1 atom stereocenters. The molecule has 1 saturated heterocycles. The molecule has 0 amide bonds. The van der Waals surface area contributed by atoms with Crippen LogP contribution in [0.25, 0.3) is 0 Å². The van der Waals surface area contributed by atoms with E-state index < -0.39 is 23.2 Å². The number of nitrogens with zero attached hydrogens (tertiary/aromatic N) is 1. The summed E-state index contributed by atoms with van der Waals surface area (Å²) in [6.45, 7) is 1.50. The molecule has 0 bridgehead atoms. The maximum atomic E-state index is 13.9. The number of hydrogen-bond acceptors (Lipinski definition) is 3. The lowest BCUT2D eigenvalue weighted by atomic mass is 10.0. The quantitative estimate of drug-likeness (QED) is 0.890. The number of benzene rings is 1. The second-order valence-electron chi connectivity index (χ2n) is 5.09. The molecule has 4 nitrogen and oxygen atoms in total. The minimum absolute atomic E-state index is 0.0832. The minimum Gasteiger partial charge on any atom is -0.478 e. The summed E-state index contributed by atoms with van der Waals surface area (Å²) in [6.07, 6.45) is 3.26. The van der Waals surface area contributed by atoms with Crippen molar-refractivity contribution in [3.63, 3.8) is 0 Å². The highest BCUT2D eigenvalue weighted by molar-refractivity contribution is 5.88. The average molecular weight is 284 g/mol. The molecule has 0 aliphatic carbocycles. The van der Waals surface area contributed by atoms with Gasteiger partial charge in [-0.05, 0) is 31.5 Å². The maximum absolute atomic E-state index is 13.9. The second kappa shape index (κ2) is 6.17. The van der Waals surface area contributed by atoms with Crippen LogP contribution in [0.1, 0.15) is 29.6 Å². The number of hydrogen-bond donors (Lipinski definition) is 2. The molecule has 2 rings (SSSR count). The third kappa shape index (κ3) is 3.07. The summed E-state index contributed by atoms with van der Waals surface area (Å²) < 4.78 is 27.6. The Bertz CT molecular complexity index is 502. The topological polar surface area (TPSA) is 52.6 Å². The van der Waals surface area contributed by atoms with Crippen LogP contribution in [0.4, 0.5) is 14.5 Å². The van der Waals surface area contributed by atoms with Gasteiger partial charge in [-0.15, -0.1) is 0 Å². The number of nitrogens with one attached hydrogen (secondary N) is 1. The molecule has 6 heteroatoms. The SMILES string of the molecule is CN(CC1CCCCN1)c1ccc(C(=O)O)c(F)c1F. The first-order valence-electron chi connectivity index (χ1n) is 6.66. The van der Waals surface area contributed by atoms with Gasteiger partial charge in [0.25, 0.3) is 0 Å². The van der Waals surface area contributed by atoms with E-state index in [1.54, 1.807) is 11.9 Å². The largest absolute Gasteiger partial charge is 0.478 e. The number of carbonyl (C=O) groups is 1. The minimum atomic E-state index is -1.47. The third-order valence-electron chi connectivity index (χ3n) is 3.61. The first-order chi connectivity index (χ1) is 9.50. The first-order valence-corrected chi connectivity index (χ1v) is 6.66. The molecular weight excluding hydrogens is 266 g/mol. The Balaban J connectivity index is 2.15. The zero-order valence-electron chi connectivity index (χ0n) is 11.3. The van der Waals surface area contributed by atoms with Gasteiger partial charge in [-0.2, -0.15) is 0 Å². The molecule has 1 unspecified atom stereocenters. The van der Waals surface area contributed by atoms with E-state index in [9.17, 15) is 13.6 Å². The van der Waals surface area contributed by atoms with Crippen LogP contribution >= 0.6 is 0 Å². The fraction of sp³-hybridized carbons (Fsp3) is 0.500. The number of anilines is 1. The molecule has 0 aromatic heterocycles. The highest BCUT2D eigenvalue weighted by Gasteiger charge is 2.21. The smallest absolute Gasteiger partial charge is 0.338 e. The van der Waals surface area contributed by atoms with Gasteiger partial charge in [0.1, 0.15) is 0 Å². The number of halogens is 2. The Labute approximate surface area is 116 Å². The Kier molecular flexibility index (Phi) is 4.54. The van der Waals surface area contributed by atoms with Crippen LogP contribution in [-0.2, 0) is 0 Å². The molecule has 0 radical (unpaired) electrons. The molecule has 110 valence electrons. The normalized spacial score (nSPS) is 18.9. The molecule has 0 saturated carbocycles. The third-order valence-corrected chi connectivity index (χ3v) is 3.61. The lowest BCUT2D eigenvalue weighted by Gasteiger charge is -2.29. The summed E-state index contributed by atoms with van der Waals surface area (Å²) in [7, 11) is 1.68. The van der Waals surface area contributed by atoms with Crippen LogP contribution in [0.3, 0.4) is 0 Å². The molecule has 1 aromatic carbocycles. The van der Waals surface area contributed by atoms with Gasteiger partial charge in [0.2, 0.25) is 0 Å². The highest BCUT2D eigenvalue weighted by Crippen LogP contribution is 2.24. The van der Waals surface area contributed by atoms with Crippen molar-refractivity contribution in [2.24, 2.45) is 0 Å². The lowest BCUT2D eigenvalue weighted by Crippen LogP contribution is -2.42. The molecular formula is C14H18F2N2O2. The first kappa shape index (κ1) is 14.7. The predicted molar refractivity (Wildman–Crippen MR) is 72.2 cm³/mol. The summed E-state index contributed by atoms with van der Waals surface area (Å²) in [4.78, 5) is 12.4. The Morgan fingerprint density at radius 3 is 2.75 bits per heavy atom. The lowest BCUT2D eigenvalue weighted by molar-refractivity contribution is 0.0690. The van der Waals surface area contributed by atoms with Crippen LogP contribution in [-0.4, -0.2) is 37.3 Å². The summed E-state index contributed by atoms with van der Waals surface area (Å²) in [5.41, 5.74) is -0.560. The van der Waals surface area contributed by atoms with E-state index in [1.165, 1.54) is 6.07 Å². The maximum Gasteiger partial charge on any atom is 0.338 e. The van der Waals surface area contributed by atoms with Crippen LogP contribution < -0.4 is 10.2 Å². The van der Waals surface area contributed by atoms with Crippen LogP contribution in [0.2, 0.25) is 0 Å². The van der Waals surface area contributed by atoms with Crippen molar-refractivity contribution in [2.45, 2.75) is 25.3 Å². The number of carboxylic acid groups (broad SMARTS) is 1. The fourth-order valence-electron chi connectivity index (χ4n) is 2.51. The van der Waals surface area contributed by atoms with Crippen molar-refractivity contribution < 1.29 is 18.7 Å². The Hall–Kier alpha value is -1.69. The van der Waals surface area contributed by atoms with Gasteiger partial charge >= 0.3 is 5.97 Å². The van der Waals surface area contributed by atoms with Gasteiger partial charge in [0.15, 0.2) is 11.6 Å². The summed E-state index contributed by atoms with van der Waals surface area (Å²) in [5.74, 6) is -3.88. The Morgan fingerprint density at radius 1 is 1.40 bits per heavy atom. The van der Waals surface area contributed by atoms with Crippen molar-refractivity contribution in [1.29, 1.82) is 0 Å². The standard InChI is InChI=1S/C14H18F2N2O2/c1-18(8-9-4-2-3-7-17-9)11-6-5-10(14(19)20)12(15)13(11)16/h5-6,9,17H,2-4,7-8H2,1H3,(H,19,20). The average Bonchev–Trinajstić information content (AvgIpc) is 2.42. The van der Waals surface area contributed by atoms with Gasteiger partial charge < -0.3 is 15.3 Å². The molecule has 1 aliphatic rings. The van der Waals surface area contributed by atoms with Crippen LogP contribution in [0, 0.1) is 11.6 Å². The van der Waals surface area contributed by atoms with Gasteiger partial charge in [-0.25, -0.2) is 13.6 Å². The van der Waals surface area contributed by atoms with Gasteiger partial charge in [0, 0.05) is 19.6 Å². The molecule has 20 heavy (non-hydrogen) atoms. The van der Waals surface area contributed by atoms with E-state index in [2.05, 4.69) is 5.32 Å². The van der Waals surface area contributed by atoms with E-state index in [1.807, 2.05) is 0 Å². The monoisotopic (exact) mass is 284 g/mol. The highest BCUT2D eigenvalue weighted by atomic mass is 19.2. The zero-order chi connectivity index (χ0) is 14.7. The van der Waals surface area contributed by atoms with E-state index in [0.717, 1.165) is 31.9 Å². The van der Waals surface area contributed by atoms with E-state index in [4.69, 9.17) is 5.11 Å². The van der Waals surface area contributed by atoms with Crippen molar-refractivity contribution >= 4 is 11.7 Å². The van der Waals surface area contributed by atoms with Crippen molar-refractivity contribution in [3.8, 4) is 0 Å². The molecule has 0 spiro atoms. The summed E-state index contributed by atoms with van der Waals surface area (Å²) >= 11 is 0. The van der Waals surface area contributed by atoms with Gasteiger partial charge in [-0.3, -0.25) is 0 Å². The molecule has 2 N–H and O–H groups in total. The van der Waals surface area contributed by atoms with E-state index in [-0.39, 0.29) is 11.7 Å². The van der Waals surface area contributed by atoms with Crippen molar-refractivity contribution in [3.05, 3.63) is 29.3 Å². The fourth-order valence-corrected chi connectivity index (χ4v) is 2.51. The molecule has 1 aromatic rings. The van der Waals surface area contributed by atoms with Crippen molar-refractivity contribution in [1.82, 2.24) is 5.32 Å². The Morgan fingerprint density at radius 2 is 2.15 bits per heavy atom. The number of aromatic carboxylic acids is 1. The van der Waals surface area contributed by atoms with E-state index in [0.29, 0.717) is 6.54 Å². The summed E-state index contributed by atoms with van der Waals surface area (Å²) in [5, 5.41) is 12.1. The molecule has 1 heterocycles.